The number of anilines is 3. The number of nitrogens with zero attached hydrogens (tertiary/aromatic N) is 1. The van der Waals surface area contributed by atoms with Crippen LogP contribution >= 0.6 is 23.7 Å². The Balaban J connectivity index is 1.56. The molecule has 200 valence electrons. The molecular formula is C27H29ClFN5O3S. The van der Waals surface area contributed by atoms with Gasteiger partial charge in [0.25, 0.3) is 11.5 Å². The summed E-state index contributed by atoms with van der Waals surface area (Å²) in [7, 11) is 1.53. The third kappa shape index (κ3) is 5.77. The first-order valence-electron chi connectivity index (χ1n) is 12.4. The highest BCUT2D eigenvalue weighted by Crippen LogP contribution is 2.40. The first-order chi connectivity index (χ1) is 18.2. The zero-order valence-corrected chi connectivity index (χ0v) is 22.9. The van der Waals surface area contributed by atoms with Crippen LogP contribution in [-0.2, 0) is 7.05 Å². The van der Waals surface area contributed by atoms with Crippen molar-refractivity contribution in [2.45, 2.75) is 51.6 Å². The largest absolute Gasteiger partial charge is 0.454 e. The van der Waals surface area contributed by atoms with Gasteiger partial charge in [-0.1, -0.05) is 23.7 Å². The zero-order chi connectivity index (χ0) is 27.0. The summed E-state index contributed by atoms with van der Waals surface area (Å²) in [6, 6.07) is 10.5. The van der Waals surface area contributed by atoms with Gasteiger partial charge in [-0.25, -0.2) is 9.11 Å². The van der Waals surface area contributed by atoms with Gasteiger partial charge in [0.2, 0.25) is 0 Å². The lowest BCUT2D eigenvalue weighted by Gasteiger charge is -2.22. The van der Waals surface area contributed by atoms with E-state index in [1.54, 1.807) is 38.1 Å². The molecule has 38 heavy (non-hydrogen) atoms. The molecule has 3 aromatic rings. The fraction of sp³-hybridized carbons (Fsp3) is 0.333. The first-order valence-corrected chi connectivity index (χ1v) is 13.6. The molecule has 1 amide bonds. The summed E-state index contributed by atoms with van der Waals surface area (Å²) in [6.45, 7) is 3.37. The van der Waals surface area contributed by atoms with E-state index in [0.717, 1.165) is 31.2 Å². The first kappa shape index (κ1) is 26.4. The van der Waals surface area contributed by atoms with Crippen LogP contribution in [-0.4, -0.2) is 22.6 Å². The van der Waals surface area contributed by atoms with E-state index in [1.165, 1.54) is 29.8 Å². The van der Waals surface area contributed by atoms with Gasteiger partial charge in [-0.15, -0.1) is 0 Å². The molecule has 0 atom stereocenters. The van der Waals surface area contributed by atoms with Crippen LogP contribution in [0.3, 0.4) is 0 Å². The molecule has 2 saturated carbocycles. The van der Waals surface area contributed by atoms with Gasteiger partial charge in [0.15, 0.2) is 5.75 Å². The highest BCUT2D eigenvalue weighted by Gasteiger charge is 2.31. The zero-order valence-electron chi connectivity index (χ0n) is 21.3. The molecule has 0 unspecified atom stereocenters. The van der Waals surface area contributed by atoms with Crippen molar-refractivity contribution in [2.75, 3.05) is 10.0 Å². The molecular weight excluding hydrogens is 529 g/mol. The number of carbonyl (C=O) groups is 1. The van der Waals surface area contributed by atoms with Crippen molar-refractivity contribution < 1.29 is 13.9 Å². The summed E-state index contributed by atoms with van der Waals surface area (Å²) in [5, 5.41) is 6.23. The second kappa shape index (κ2) is 10.9. The molecule has 2 aromatic carbocycles. The predicted octanol–water partition coefficient (Wildman–Crippen LogP) is 5.95. The van der Waals surface area contributed by atoms with Gasteiger partial charge >= 0.3 is 0 Å². The molecule has 0 bridgehead atoms. The van der Waals surface area contributed by atoms with Gasteiger partial charge in [-0.2, -0.15) is 0 Å². The van der Waals surface area contributed by atoms with E-state index < -0.39 is 17.3 Å². The monoisotopic (exact) mass is 557 g/mol. The summed E-state index contributed by atoms with van der Waals surface area (Å²) < 4.78 is 28.8. The SMILES string of the molecule is Cc1ccc(Nc2c(C(=O)NC3CC3)c(Oc3cccc(NSNC4CC4)c3Cl)c(C)c(=O)n2C)c(F)c1. The van der Waals surface area contributed by atoms with Gasteiger partial charge in [0.05, 0.1) is 16.9 Å². The Bertz CT molecular complexity index is 1460. The van der Waals surface area contributed by atoms with Gasteiger partial charge in [0, 0.05) is 31.3 Å². The fourth-order valence-electron chi connectivity index (χ4n) is 3.88. The molecule has 2 aliphatic rings. The molecule has 0 saturated heterocycles. The number of aromatic nitrogens is 1. The van der Waals surface area contributed by atoms with E-state index in [-0.39, 0.29) is 40.2 Å². The lowest BCUT2D eigenvalue weighted by Crippen LogP contribution is -2.31. The number of benzene rings is 2. The number of nitrogens with one attached hydrogen (secondary N) is 4. The smallest absolute Gasteiger partial charge is 0.259 e. The van der Waals surface area contributed by atoms with E-state index >= 15 is 0 Å². The van der Waals surface area contributed by atoms with Gasteiger partial charge in [-0.05, 0) is 69.4 Å². The molecule has 2 fully saturated rings. The van der Waals surface area contributed by atoms with Crippen LogP contribution in [0.25, 0.3) is 0 Å². The maximum atomic E-state index is 14.8. The number of pyridine rings is 1. The van der Waals surface area contributed by atoms with Crippen LogP contribution in [0.1, 0.15) is 47.2 Å². The van der Waals surface area contributed by atoms with Crippen molar-refractivity contribution in [3.63, 3.8) is 0 Å². The second-order valence-electron chi connectivity index (χ2n) is 9.71. The van der Waals surface area contributed by atoms with Crippen LogP contribution in [0.2, 0.25) is 5.02 Å². The number of hydrogen-bond acceptors (Lipinski definition) is 7. The van der Waals surface area contributed by atoms with Crippen molar-refractivity contribution in [3.8, 4) is 11.5 Å². The van der Waals surface area contributed by atoms with Crippen molar-refractivity contribution in [1.29, 1.82) is 0 Å². The van der Waals surface area contributed by atoms with E-state index in [1.807, 2.05) is 6.07 Å². The maximum Gasteiger partial charge on any atom is 0.259 e. The van der Waals surface area contributed by atoms with Crippen molar-refractivity contribution in [2.24, 2.45) is 7.05 Å². The second-order valence-corrected chi connectivity index (χ2v) is 10.7. The number of amides is 1. The quantitative estimate of drug-likeness (QED) is 0.229. The minimum Gasteiger partial charge on any atom is -0.454 e. The lowest BCUT2D eigenvalue weighted by atomic mass is 10.1. The van der Waals surface area contributed by atoms with Crippen molar-refractivity contribution >= 4 is 46.8 Å². The standard InChI is InChI=1S/C27H29ClFN5O3S/c1-14-7-12-19(18(29)13-14)31-25-22(26(35)30-16-8-9-16)24(15(2)27(36)34(25)3)37-21-6-4-5-20(23(21)28)33-38-32-17-10-11-17/h4-7,12-13,16-17,31-33H,8-11H2,1-3H3,(H,30,35). The van der Waals surface area contributed by atoms with Gasteiger partial charge in [-0.3, -0.25) is 14.2 Å². The van der Waals surface area contributed by atoms with E-state index in [4.69, 9.17) is 16.3 Å². The molecule has 0 radical (unpaired) electrons. The normalized spacial score (nSPS) is 14.8. The molecule has 5 rings (SSSR count). The van der Waals surface area contributed by atoms with Crippen LogP contribution in [0.15, 0.2) is 41.2 Å². The summed E-state index contributed by atoms with van der Waals surface area (Å²) in [6.07, 6.45) is 4.02. The number of ether oxygens (including phenoxy) is 1. The maximum absolute atomic E-state index is 14.8. The topological polar surface area (TPSA) is 96.4 Å². The summed E-state index contributed by atoms with van der Waals surface area (Å²) in [4.78, 5) is 26.8. The Hall–Kier alpha value is -3.21. The Kier molecular flexibility index (Phi) is 7.56. The average molecular weight is 558 g/mol. The Morgan fingerprint density at radius 1 is 1.11 bits per heavy atom. The minimum atomic E-state index is -0.506. The Morgan fingerprint density at radius 3 is 2.53 bits per heavy atom. The molecule has 0 spiro atoms. The Morgan fingerprint density at radius 2 is 1.84 bits per heavy atom. The van der Waals surface area contributed by atoms with Crippen molar-refractivity contribution in [3.05, 3.63) is 74.3 Å². The third-order valence-electron chi connectivity index (χ3n) is 6.42. The van der Waals surface area contributed by atoms with E-state index in [9.17, 15) is 14.0 Å². The minimum absolute atomic E-state index is 0.0453. The van der Waals surface area contributed by atoms with Crippen LogP contribution in [0, 0.1) is 19.7 Å². The number of halogens is 2. The number of hydrogen-bond donors (Lipinski definition) is 4. The molecule has 1 aromatic heterocycles. The highest BCUT2D eigenvalue weighted by molar-refractivity contribution is 7.98. The van der Waals surface area contributed by atoms with Gasteiger partial charge in [0.1, 0.15) is 28.0 Å². The number of carbonyl (C=O) groups excluding carboxylic acids is 1. The predicted molar refractivity (Wildman–Crippen MR) is 150 cm³/mol. The Labute approximate surface area is 229 Å². The van der Waals surface area contributed by atoms with E-state index in [2.05, 4.69) is 20.1 Å². The van der Waals surface area contributed by atoms with Crippen LogP contribution < -0.4 is 30.4 Å². The van der Waals surface area contributed by atoms with Gasteiger partial charge < -0.3 is 20.1 Å². The number of aryl methyl sites for hydroxylation is 1. The van der Waals surface area contributed by atoms with Crippen molar-refractivity contribution in [1.82, 2.24) is 14.6 Å². The summed E-state index contributed by atoms with van der Waals surface area (Å²) in [5.41, 5.74) is 1.42. The average Bonchev–Trinajstić information content (AvgIpc) is 3.81. The molecule has 0 aliphatic heterocycles. The number of rotatable bonds is 10. The van der Waals surface area contributed by atoms with E-state index in [0.29, 0.717) is 16.8 Å². The molecule has 1 heterocycles. The fourth-order valence-corrected chi connectivity index (χ4v) is 4.89. The molecule has 2 aliphatic carbocycles. The molecule has 8 nitrogen and oxygen atoms in total. The summed E-state index contributed by atoms with van der Waals surface area (Å²) >= 11 is 8.01. The summed E-state index contributed by atoms with van der Waals surface area (Å²) in [5.74, 6) is -0.484. The third-order valence-corrected chi connectivity index (χ3v) is 7.58. The highest BCUT2D eigenvalue weighted by atomic mass is 35.5. The molecule has 4 N–H and O–H groups in total. The lowest BCUT2D eigenvalue weighted by molar-refractivity contribution is 0.0948. The molecule has 11 heteroatoms. The van der Waals surface area contributed by atoms with Crippen LogP contribution in [0.4, 0.5) is 21.6 Å². The van der Waals surface area contributed by atoms with Crippen LogP contribution in [0.5, 0.6) is 11.5 Å².